The van der Waals surface area contributed by atoms with Crippen LogP contribution in [0.5, 0.6) is 0 Å². The van der Waals surface area contributed by atoms with E-state index < -0.39 is 10.0 Å². The lowest BCUT2D eigenvalue weighted by Gasteiger charge is -2.35. The first kappa shape index (κ1) is 20.8. The summed E-state index contributed by atoms with van der Waals surface area (Å²) >= 11 is 2.18. The van der Waals surface area contributed by atoms with Gasteiger partial charge in [-0.3, -0.25) is 0 Å². The van der Waals surface area contributed by atoms with Gasteiger partial charge in [-0.05, 0) is 73.0 Å². The van der Waals surface area contributed by atoms with E-state index in [1.54, 1.807) is 16.4 Å². The number of benzene rings is 1. The zero-order valence-electron chi connectivity index (χ0n) is 16.6. The molecule has 1 aromatic heterocycles. The van der Waals surface area contributed by atoms with E-state index >= 15 is 0 Å². The molecule has 0 amide bonds. The summed E-state index contributed by atoms with van der Waals surface area (Å²) in [6, 6.07) is 9.06. The molecule has 1 aromatic carbocycles. The molecule has 9 heteroatoms. The second-order valence-corrected chi connectivity index (χ2v) is 10.7. The summed E-state index contributed by atoms with van der Waals surface area (Å²) in [5.74, 6) is 1.69. The van der Waals surface area contributed by atoms with Crippen LogP contribution in [-0.2, 0) is 10.0 Å². The molecule has 0 saturated carbocycles. The highest BCUT2D eigenvalue weighted by atomic mass is 127. The molecule has 0 unspecified atom stereocenters. The average Bonchev–Trinajstić information content (AvgIpc) is 2.74. The van der Waals surface area contributed by atoms with E-state index in [2.05, 4.69) is 37.4 Å². The number of hydrogen-bond donors (Lipinski definition) is 0. The van der Waals surface area contributed by atoms with E-state index in [0.29, 0.717) is 37.0 Å². The minimum Gasteiger partial charge on any atom is -0.356 e. The number of hydrogen-bond acceptors (Lipinski definition) is 6. The molecular weight excluding hydrogens is 501 g/mol. The molecule has 0 atom stereocenters. The number of rotatable bonds is 4. The van der Waals surface area contributed by atoms with E-state index in [-0.39, 0.29) is 0 Å². The van der Waals surface area contributed by atoms with Gasteiger partial charge in [0, 0.05) is 54.6 Å². The van der Waals surface area contributed by atoms with E-state index in [9.17, 15) is 8.42 Å². The van der Waals surface area contributed by atoms with Crippen LogP contribution in [0.4, 0.5) is 11.8 Å². The number of anilines is 2. The highest BCUT2D eigenvalue weighted by Crippen LogP contribution is 2.24. The third kappa shape index (κ3) is 4.66. The lowest BCUT2D eigenvalue weighted by atomic mass is 10.1. The Kier molecular flexibility index (Phi) is 6.26. The minimum atomic E-state index is -3.46. The Hall–Kier alpha value is -1.46. The van der Waals surface area contributed by atoms with Gasteiger partial charge < -0.3 is 9.80 Å². The maximum Gasteiger partial charge on any atom is 0.243 e. The highest BCUT2D eigenvalue weighted by Gasteiger charge is 2.29. The van der Waals surface area contributed by atoms with E-state index in [0.717, 1.165) is 28.2 Å². The first-order chi connectivity index (χ1) is 13.9. The van der Waals surface area contributed by atoms with Crippen LogP contribution >= 0.6 is 22.6 Å². The van der Waals surface area contributed by atoms with Crippen molar-refractivity contribution < 1.29 is 8.42 Å². The Morgan fingerprint density at radius 2 is 1.52 bits per heavy atom. The molecule has 2 aliphatic heterocycles. The number of piperidine rings is 1. The fraction of sp³-hybridized carbons (Fsp3) is 0.500. The topological polar surface area (TPSA) is 69.6 Å². The molecule has 4 rings (SSSR count). The van der Waals surface area contributed by atoms with Crippen LogP contribution in [0.1, 0.15) is 25.0 Å². The quantitative estimate of drug-likeness (QED) is 0.570. The smallest absolute Gasteiger partial charge is 0.243 e. The molecule has 29 heavy (non-hydrogen) atoms. The van der Waals surface area contributed by atoms with Gasteiger partial charge in [-0.15, -0.1) is 0 Å². The van der Waals surface area contributed by atoms with Crippen LogP contribution in [0.15, 0.2) is 35.2 Å². The van der Waals surface area contributed by atoms with Crippen molar-refractivity contribution in [3.63, 3.8) is 0 Å². The maximum absolute atomic E-state index is 12.9. The summed E-state index contributed by atoms with van der Waals surface area (Å²) in [5.41, 5.74) is 0.949. The Bertz CT molecular complexity index is 953. The molecule has 2 fully saturated rings. The van der Waals surface area contributed by atoms with Gasteiger partial charge in [0.2, 0.25) is 16.0 Å². The highest BCUT2D eigenvalue weighted by molar-refractivity contribution is 14.1. The van der Waals surface area contributed by atoms with Gasteiger partial charge >= 0.3 is 0 Å². The van der Waals surface area contributed by atoms with Crippen molar-refractivity contribution in [1.29, 1.82) is 0 Å². The van der Waals surface area contributed by atoms with E-state index in [1.807, 2.05) is 25.1 Å². The van der Waals surface area contributed by atoms with Gasteiger partial charge in [-0.1, -0.05) is 0 Å². The molecule has 0 radical (unpaired) electrons. The normalized spacial score (nSPS) is 18.8. The lowest BCUT2D eigenvalue weighted by Crippen LogP contribution is -2.49. The van der Waals surface area contributed by atoms with Crippen molar-refractivity contribution in [1.82, 2.24) is 14.3 Å². The maximum atomic E-state index is 12.9. The Balaban J connectivity index is 1.47. The van der Waals surface area contributed by atoms with Crippen LogP contribution < -0.4 is 9.80 Å². The van der Waals surface area contributed by atoms with Crippen LogP contribution in [0.25, 0.3) is 0 Å². The summed E-state index contributed by atoms with van der Waals surface area (Å²) in [6.07, 6.45) is 3.69. The zero-order chi connectivity index (χ0) is 20.4. The Labute approximate surface area is 186 Å². The SMILES string of the molecule is Cc1cc(N2CCCCC2)nc(N2CCN(S(=O)(=O)c3ccc(I)cc3)CC2)n1. The molecular formula is C20H26IN5O2S. The number of aromatic nitrogens is 2. The van der Waals surface area contributed by atoms with Crippen LogP contribution in [-0.4, -0.2) is 62.0 Å². The van der Waals surface area contributed by atoms with Crippen LogP contribution in [0, 0.1) is 10.5 Å². The van der Waals surface area contributed by atoms with E-state index in [1.165, 1.54) is 19.3 Å². The second kappa shape index (κ2) is 8.73. The third-order valence-corrected chi connectivity index (χ3v) is 8.11. The van der Waals surface area contributed by atoms with Gasteiger partial charge in [0.05, 0.1) is 4.90 Å². The average molecular weight is 527 g/mol. The van der Waals surface area contributed by atoms with E-state index in [4.69, 9.17) is 4.98 Å². The molecule has 0 N–H and O–H groups in total. The molecule has 2 aliphatic rings. The molecule has 2 aromatic rings. The van der Waals surface area contributed by atoms with Crippen LogP contribution in [0.2, 0.25) is 0 Å². The lowest BCUT2D eigenvalue weighted by molar-refractivity contribution is 0.382. The first-order valence-electron chi connectivity index (χ1n) is 10.0. The van der Waals surface area contributed by atoms with Crippen molar-refractivity contribution in [2.45, 2.75) is 31.1 Å². The summed E-state index contributed by atoms with van der Waals surface area (Å²) in [6.45, 7) is 6.13. The molecule has 3 heterocycles. The van der Waals surface area contributed by atoms with Gasteiger partial charge in [0.1, 0.15) is 5.82 Å². The fourth-order valence-corrected chi connectivity index (χ4v) is 5.63. The summed E-state index contributed by atoms with van der Waals surface area (Å²) < 4.78 is 28.4. The number of sulfonamides is 1. The molecule has 156 valence electrons. The van der Waals surface area contributed by atoms with Crippen molar-refractivity contribution in [2.24, 2.45) is 0 Å². The van der Waals surface area contributed by atoms with Crippen molar-refractivity contribution >= 4 is 44.4 Å². The second-order valence-electron chi connectivity index (χ2n) is 7.56. The Morgan fingerprint density at radius 3 is 2.17 bits per heavy atom. The number of aryl methyl sites for hydroxylation is 1. The predicted octanol–water partition coefficient (Wildman–Crippen LogP) is 2.89. The molecule has 0 aliphatic carbocycles. The summed E-state index contributed by atoms with van der Waals surface area (Å²) in [5, 5.41) is 0. The zero-order valence-corrected chi connectivity index (χ0v) is 19.6. The number of nitrogens with zero attached hydrogens (tertiary/aromatic N) is 5. The molecule has 0 spiro atoms. The minimum absolute atomic E-state index is 0.352. The first-order valence-corrected chi connectivity index (χ1v) is 12.6. The Morgan fingerprint density at radius 1 is 0.862 bits per heavy atom. The van der Waals surface area contributed by atoms with Gasteiger partial charge in [-0.2, -0.15) is 9.29 Å². The molecule has 2 saturated heterocycles. The standard InChI is InChI=1S/C20H26IN5O2S/c1-16-15-19(24-9-3-2-4-10-24)23-20(22-16)25-11-13-26(14-12-25)29(27,28)18-7-5-17(21)6-8-18/h5-8,15H,2-4,9-14H2,1H3. The predicted molar refractivity (Wildman–Crippen MR) is 123 cm³/mol. The summed E-state index contributed by atoms with van der Waals surface area (Å²) in [7, 11) is -3.46. The summed E-state index contributed by atoms with van der Waals surface area (Å²) in [4.78, 5) is 14.2. The van der Waals surface area contributed by atoms with Crippen molar-refractivity contribution in [3.05, 3.63) is 39.6 Å². The van der Waals surface area contributed by atoms with Gasteiger partial charge in [0.15, 0.2) is 0 Å². The van der Waals surface area contributed by atoms with Gasteiger partial charge in [0.25, 0.3) is 0 Å². The number of halogens is 1. The molecule has 0 bridgehead atoms. The van der Waals surface area contributed by atoms with Gasteiger partial charge in [-0.25, -0.2) is 13.4 Å². The van der Waals surface area contributed by atoms with Crippen molar-refractivity contribution in [2.75, 3.05) is 49.1 Å². The largest absolute Gasteiger partial charge is 0.356 e. The van der Waals surface area contributed by atoms with Crippen molar-refractivity contribution in [3.8, 4) is 0 Å². The third-order valence-electron chi connectivity index (χ3n) is 5.48. The fourth-order valence-electron chi connectivity index (χ4n) is 3.85. The molecule has 7 nitrogen and oxygen atoms in total. The van der Waals surface area contributed by atoms with Crippen LogP contribution in [0.3, 0.4) is 0 Å². The number of piperazine rings is 1. The monoisotopic (exact) mass is 527 g/mol.